The van der Waals surface area contributed by atoms with Crippen molar-refractivity contribution in [3.8, 4) is 17.2 Å². The standard InChI is InChI=1S/C21H15F5N2O4/c1-31-16-8-12(23)2-3-15(16)32-17-7-11(10-22)6-14(21(24,25)26)19(17)20(30)28-13-4-5-27-18(29)9-13/h2-9H,10H2,1H3,(H2,27,28,29,30). The van der Waals surface area contributed by atoms with E-state index in [0.717, 1.165) is 30.3 Å². The second kappa shape index (κ2) is 9.08. The third-order valence-electron chi connectivity index (χ3n) is 4.23. The number of aromatic amines is 1. The third-order valence-corrected chi connectivity index (χ3v) is 4.23. The van der Waals surface area contributed by atoms with Gasteiger partial charge in [-0.25, -0.2) is 8.78 Å². The van der Waals surface area contributed by atoms with Crippen molar-refractivity contribution in [1.29, 1.82) is 0 Å². The van der Waals surface area contributed by atoms with Crippen LogP contribution in [0.1, 0.15) is 21.5 Å². The van der Waals surface area contributed by atoms with Crippen molar-refractivity contribution in [3.63, 3.8) is 0 Å². The molecule has 3 aromatic rings. The minimum absolute atomic E-state index is 0.0771. The molecule has 1 amide bonds. The average Bonchev–Trinajstić information content (AvgIpc) is 2.73. The summed E-state index contributed by atoms with van der Waals surface area (Å²) in [5.41, 5.74) is -3.49. The molecule has 2 N–H and O–H groups in total. The highest BCUT2D eigenvalue weighted by Gasteiger charge is 2.38. The van der Waals surface area contributed by atoms with Gasteiger partial charge in [0, 0.05) is 24.0 Å². The normalized spacial score (nSPS) is 11.2. The smallest absolute Gasteiger partial charge is 0.417 e. The van der Waals surface area contributed by atoms with Crippen molar-refractivity contribution in [1.82, 2.24) is 4.98 Å². The van der Waals surface area contributed by atoms with E-state index in [9.17, 15) is 31.5 Å². The first-order valence-electron chi connectivity index (χ1n) is 8.94. The average molecular weight is 454 g/mol. The van der Waals surface area contributed by atoms with Crippen LogP contribution in [0.4, 0.5) is 27.6 Å². The molecule has 2 aromatic carbocycles. The molecule has 1 aromatic heterocycles. The summed E-state index contributed by atoms with van der Waals surface area (Å²) in [4.78, 5) is 26.5. The van der Waals surface area contributed by atoms with E-state index in [-0.39, 0.29) is 17.2 Å². The first-order chi connectivity index (χ1) is 15.1. The van der Waals surface area contributed by atoms with E-state index in [1.807, 2.05) is 0 Å². The van der Waals surface area contributed by atoms with Gasteiger partial charge in [-0.3, -0.25) is 9.59 Å². The topological polar surface area (TPSA) is 80.4 Å². The zero-order chi connectivity index (χ0) is 23.5. The third kappa shape index (κ3) is 5.05. The molecule has 0 radical (unpaired) electrons. The molecule has 6 nitrogen and oxygen atoms in total. The Morgan fingerprint density at radius 1 is 1.06 bits per heavy atom. The van der Waals surface area contributed by atoms with Crippen LogP contribution in [0.25, 0.3) is 0 Å². The molecule has 0 aliphatic heterocycles. The summed E-state index contributed by atoms with van der Waals surface area (Å²) < 4.78 is 78.5. The first kappa shape index (κ1) is 22.8. The van der Waals surface area contributed by atoms with Crippen LogP contribution in [0.2, 0.25) is 0 Å². The van der Waals surface area contributed by atoms with Gasteiger partial charge in [0.2, 0.25) is 5.56 Å². The molecule has 0 saturated carbocycles. The number of hydrogen-bond donors (Lipinski definition) is 2. The van der Waals surface area contributed by atoms with Crippen molar-refractivity contribution in [3.05, 3.63) is 81.5 Å². The maximum atomic E-state index is 13.8. The fourth-order valence-corrected chi connectivity index (χ4v) is 2.85. The minimum Gasteiger partial charge on any atom is -0.493 e. The molecule has 0 bridgehead atoms. The first-order valence-corrected chi connectivity index (χ1v) is 8.94. The molecule has 1 heterocycles. The lowest BCUT2D eigenvalue weighted by Crippen LogP contribution is -2.21. The number of pyridine rings is 1. The Labute approximate surface area is 177 Å². The number of amides is 1. The second-order valence-electron chi connectivity index (χ2n) is 6.44. The Kier molecular flexibility index (Phi) is 6.47. The minimum atomic E-state index is -5.04. The van der Waals surface area contributed by atoms with E-state index in [2.05, 4.69) is 10.3 Å². The zero-order valence-corrected chi connectivity index (χ0v) is 16.3. The highest BCUT2D eigenvalue weighted by molar-refractivity contribution is 6.07. The second-order valence-corrected chi connectivity index (χ2v) is 6.44. The number of anilines is 1. The lowest BCUT2D eigenvalue weighted by atomic mass is 10.0. The number of methoxy groups -OCH3 is 1. The van der Waals surface area contributed by atoms with Crippen molar-refractivity contribution in [2.75, 3.05) is 12.4 Å². The van der Waals surface area contributed by atoms with Crippen LogP contribution in [0.5, 0.6) is 17.2 Å². The van der Waals surface area contributed by atoms with Gasteiger partial charge >= 0.3 is 6.18 Å². The fraction of sp³-hybridized carbons (Fsp3) is 0.143. The summed E-state index contributed by atoms with van der Waals surface area (Å²) >= 11 is 0. The van der Waals surface area contributed by atoms with Crippen molar-refractivity contribution >= 4 is 11.6 Å². The van der Waals surface area contributed by atoms with E-state index < -0.39 is 52.6 Å². The van der Waals surface area contributed by atoms with Gasteiger partial charge in [-0.15, -0.1) is 0 Å². The quantitative estimate of drug-likeness (QED) is 0.511. The number of H-pyrrole nitrogens is 1. The van der Waals surface area contributed by atoms with Crippen molar-refractivity contribution in [2.45, 2.75) is 12.9 Å². The molecule has 0 unspecified atom stereocenters. The number of alkyl halides is 4. The SMILES string of the molecule is COc1cc(F)ccc1Oc1cc(CF)cc(C(F)(F)F)c1C(=O)Nc1cc[nH]c(=O)c1. The molecular weight excluding hydrogens is 439 g/mol. The van der Waals surface area contributed by atoms with Crippen LogP contribution in [0, 0.1) is 5.82 Å². The predicted octanol–water partition coefficient (Wildman–Crippen LogP) is 5.06. The summed E-state index contributed by atoms with van der Waals surface area (Å²) in [5, 5.41) is 2.19. The summed E-state index contributed by atoms with van der Waals surface area (Å²) in [6, 6.07) is 6.61. The van der Waals surface area contributed by atoms with E-state index in [4.69, 9.17) is 9.47 Å². The van der Waals surface area contributed by atoms with Crippen molar-refractivity contribution < 1.29 is 36.2 Å². The van der Waals surface area contributed by atoms with Gasteiger partial charge in [-0.05, 0) is 35.9 Å². The van der Waals surface area contributed by atoms with E-state index >= 15 is 0 Å². The van der Waals surface area contributed by atoms with Gasteiger partial charge < -0.3 is 19.8 Å². The molecule has 11 heteroatoms. The molecule has 0 fully saturated rings. The van der Waals surface area contributed by atoms with E-state index in [1.165, 1.54) is 19.4 Å². The van der Waals surface area contributed by atoms with Crippen LogP contribution < -0.4 is 20.3 Å². The predicted molar refractivity (Wildman–Crippen MR) is 104 cm³/mol. The van der Waals surface area contributed by atoms with Gasteiger partial charge in [0.15, 0.2) is 11.5 Å². The Hall–Kier alpha value is -3.89. The molecule has 168 valence electrons. The largest absolute Gasteiger partial charge is 0.493 e. The van der Waals surface area contributed by atoms with E-state index in [0.29, 0.717) is 6.07 Å². The number of ether oxygens (including phenoxy) is 2. The molecule has 0 atom stereocenters. The highest BCUT2D eigenvalue weighted by Crippen LogP contribution is 2.41. The van der Waals surface area contributed by atoms with Crippen LogP contribution in [-0.2, 0) is 12.9 Å². The molecule has 0 aliphatic rings. The summed E-state index contributed by atoms with van der Waals surface area (Å²) in [5.74, 6) is -2.97. The summed E-state index contributed by atoms with van der Waals surface area (Å²) in [7, 11) is 1.18. The van der Waals surface area contributed by atoms with Gasteiger partial charge in [-0.2, -0.15) is 13.2 Å². The van der Waals surface area contributed by atoms with Gasteiger partial charge in [0.1, 0.15) is 18.2 Å². The molecule has 0 spiro atoms. The molecule has 3 rings (SSSR count). The van der Waals surface area contributed by atoms with Crippen LogP contribution >= 0.6 is 0 Å². The lowest BCUT2D eigenvalue weighted by molar-refractivity contribution is -0.138. The van der Waals surface area contributed by atoms with Crippen molar-refractivity contribution in [2.24, 2.45) is 0 Å². The van der Waals surface area contributed by atoms with E-state index in [1.54, 1.807) is 0 Å². The number of aromatic nitrogens is 1. The number of halogens is 5. The number of benzene rings is 2. The van der Waals surface area contributed by atoms with Gasteiger partial charge in [0.25, 0.3) is 5.91 Å². The Bertz CT molecular complexity index is 1210. The van der Waals surface area contributed by atoms with Crippen LogP contribution in [-0.4, -0.2) is 18.0 Å². The number of nitrogens with one attached hydrogen (secondary N) is 2. The summed E-state index contributed by atoms with van der Waals surface area (Å²) in [6.07, 6.45) is -3.85. The number of hydrogen-bond acceptors (Lipinski definition) is 4. The van der Waals surface area contributed by atoms with Gasteiger partial charge in [0.05, 0.1) is 18.2 Å². The van der Waals surface area contributed by atoms with Crippen LogP contribution in [0.3, 0.4) is 0 Å². The fourth-order valence-electron chi connectivity index (χ4n) is 2.85. The lowest BCUT2D eigenvalue weighted by Gasteiger charge is -2.19. The number of carbonyl (C=O) groups excluding carboxylic acids is 1. The molecular formula is C21H15F5N2O4. The summed E-state index contributed by atoms with van der Waals surface area (Å²) in [6.45, 7) is -1.27. The Morgan fingerprint density at radius 3 is 2.44 bits per heavy atom. The van der Waals surface area contributed by atoms with Crippen LogP contribution in [0.15, 0.2) is 53.5 Å². The monoisotopic (exact) mass is 454 g/mol. The molecule has 0 saturated heterocycles. The number of carbonyl (C=O) groups is 1. The molecule has 32 heavy (non-hydrogen) atoms. The zero-order valence-electron chi connectivity index (χ0n) is 16.3. The highest BCUT2D eigenvalue weighted by atomic mass is 19.4. The van der Waals surface area contributed by atoms with Gasteiger partial charge in [-0.1, -0.05) is 0 Å². The maximum Gasteiger partial charge on any atom is 0.417 e. The Morgan fingerprint density at radius 2 is 1.81 bits per heavy atom. The maximum absolute atomic E-state index is 13.8. The Balaban J connectivity index is 2.16. The number of rotatable bonds is 6. The molecule has 0 aliphatic carbocycles.